The van der Waals surface area contributed by atoms with Gasteiger partial charge in [0.25, 0.3) is 0 Å². The molecule has 2 aromatic rings. The average Bonchev–Trinajstić information content (AvgIpc) is 3.48. The van der Waals surface area contributed by atoms with E-state index in [1.54, 1.807) is 12.0 Å². The summed E-state index contributed by atoms with van der Waals surface area (Å²) in [6, 6.07) is 12.6. The molecule has 1 N–H and O–H groups in total. The van der Waals surface area contributed by atoms with Gasteiger partial charge in [0.05, 0.1) is 19.6 Å². The SMILES string of the molecule is CCCCCN(C)C(=O)CN1C[C@H](c2ccc3c(c2)OCO3)[C@H](C(=O)O)[C@H]1c1ccc(OC)cc1. The molecule has 1 saturated heterocycles. The van der Waals surface area contributed by atoms with Gasteiger partial charge in [-0.2, -0.15) is 0 Å². The molecule has 1 amide bonds. The number of ether oxygens (including phenoxy) is 3. The van der Waals surface area contributed by atoms with Crippen LogP contribution in [0, 0.1) is 5.92 Å². The molecule has 0 unspecified atom stereocenters. The lowest BCUT2D eigenvalue weighted by Gasteiger charge is -2.28. The molecule has 2 aliphatic rings. The second-order valence-electron chi connectivity index (χ2n) is 9.25. The van der Waals surface area contributed by atoms with Crippen LogP contribution < -0.4 is 14.2 Å². The zero-order valence-corrected chi connectivity index (χ0v) is 20.6. The molecule has 0 aliphatic carbocycles. The fraction of sp³-hybridized carbons (Fsp3) is 0.481. The third kappa shape index (κ3) is 5.37. The highest BCUT2D eigenvalue weighted by Crippen LogP contribution is 2.47. The van der Waals surface area contributed by atoms with E-state index >= 15 is 0 Å². The van der Waals surface area contributed by atoms with Gasteiger partial charge in [-0.3, -0.25) is 14.5 Å². The quantitative estimate of drug-likeness (QED) is 0.514. The van der Waals surface area contributed by atoms with Crippen LogP contribution in [-0.4, -0.2) is 67.4 Å². The molecule has 0 bridgehead atoms. The minimum absolute atomic E-state index is 0.00455. The summed E-state index contributed by atoms with van der Waals surface area (Å²) in [6.45, 7) is 3.59. The van der Waals surface area contributed by atoms with Gasteiger partial charge in [-0.25, -0.2) is 0 Å². The Morgan fingerprint density at radius 1 is 1.09 bits per heavy atom. The van der Waals surface area contributed by atoms with E-state index < -0.39 is 17.9 Å². The molecule has 8 heteroatoms. The van der Waals surface area contributed by atoms with E-state index in [9.17, 15) is 14.7 Å². The van der Waals surface area contributed by atoms with Crippen LogP contribution >= 0.6 is 0 Å². The molecule has 0 saturated carbocycles. The van der Waals surface area contributed by atoms with Crippen molar-refractivity contribution in [3.63, 3.8) is 0 Å². The number of hydrogen-bond acceptors (Lipinski definition) is 6. The summed E-state index contributed by atoms with van der Waals surface area (Å²) >= 11 is 0. The van der Waals surface area contributed by atoms with Crippen molar-refractivity contribution in [1.29, 1.82) is 0 Å². The predicted molar refractivity (Wildman–Crippen MR) is 131 cm³/mol. The number of benzene rings is 2. The number of nitrogens with zero attached hydrogens (tertiary/aromatic N) is 2. The highest BCUT2D eigenvalue weighted by molar-refractivity contribution is 5.79. The first-order chi connectivity index (χ1) is 16.9. The number of carbonyl (C=O) groups is 2. The Labute approximate surface area is 206 Å². The van der Waals surface area contributed by atoms with Gasteiger partial charge in [0.1, 0.15) is 5.75 Å². The Morgan fingerprint density at radius 2 is 1.80 bits per heavy atom. The summed E-state index contributed by atoms with van der Waals surface area (Å²) in [6.07, 6.45) is 3.12. The van der Waals surface area contributed by atoms with E-state index in [1.807, 2.05) is 54.4 Å². The summed E-state index contributed by atoms with van der Waals surface area (Å²) in [5.74, 6) is 0.0391. The first-order valence-corrected chi connectivity index (χ1v) is 12.2. The number of aliphatic carboxylic acids is 1. The Balaban J connectivity index is 1.65. The molecule has 2 aromatic carbocycles. The van der Waals surface area contributed by atoms with Crippen LogP contribution in [0.2, 0.25) is 0 Å². The van der Waals surface area contributed by atoms with E-state index in [-0.39, 0.29) is 25.2 Å². The maximum atomic E-state index is 13.1. The zero-order chi connectivity index (χ0) is 24.9. The summed E-state index contributed by atoms with van der Waals surface area (Å²) in [5.41, 5.74) is 1.72. The normalized spacial score (nSPS) is 21.2. The second-order valence-corrected chi connectivity index (χ2v) is 9.25. The lowest BCUT2D eigenvalue weighted by atomic mass is 9.82. The number of carbonyl (C=O) groups excluding carboxylic acids is 1. The topological polar surface area (TPSA) is 88.5 Å². The lowest BCUT2D eigenvalue weighted by Crippen LogP contribution is -2.39. The van der Waals surface area contributed by atoms with Gasteiger partial charge in [0.2, 0.25) is 12.7 Å². The molecule has 188 valence electrons. The molecule has 2 aliphatic heterocycles. The highest BCUT2D eigenvalue weighted by Gasteiger charge is 2.48. The Kier molecular flexibility index (Phi) is 7.80. The first kappa shape index (κ1) is 24.9. The van der Waals surface area contributed by atoms with Crippen molar-refractivity contribution in [1.82, 2.24) is 9.80 Å². The second kappa shape index (κ2) is 11.0. The molecule has 35 heavy (non-hydrogen) atoms. The standard InChI is InChI=1S/C27H34N2O6/c1-4-5-6-13-28(2)24(30)16-29-15-21(19-9-12-22-23(14-19)35-17-34-22)25(27(31)32)26(29)18-7-10-20(33-3)11-8-18/h7-12,14,21,25-26H,4-6,13,15-17H2,1-3H3,(H,31,32)/t21-,25+,26-/m1/s1. The monoisotopic (exact) mass is 482 g/mol. The molecule has 0 aromatic heterocycles. The number of carboxylic acid groups (broad SMARTS) is 1. The predicted octanol–water partition coefficient (Wildman–Crippen LogP) is 3.91. The minimum atomic E-state index is -0.889. The van der Waals surface area contributed by atoms with E-state index in [4.69, 9.17) is 14.2 Å². The van der Waals surface area contributed by atoms with Crippen LogP contribution in [0.3, 0.4) is 0 Å². The maximum Gasteiger partial charge on any atom is 0.309 e. The molecule has 3 atom stereocenters. The van der Waals surface area contributed by atoms with Crippen molar-refractivity contribution in [2.45, 2.75) is 38.1 Å². The van der Waals surface area contributed by atoms with E-state index in [0.29, 0.717) is 30.3 Å². The van der Waals surface area contributed by atoms with Crippen molar-refractivity contribution in [2.75, 3.05) is 40.6 Å². The number of carboxylic acids is 1. The number of fused-ring (bicyclic) bond motifs is 1. The fourth-order valence-electron chi connectivity index (χ4n) is 5.09. The molecule has 0 spiro atoms. The van der Waals surface area contributed by atoms with E-state index in [2.05, 4.69) is 6.92 Å². The Hall–Kier alpha value is -3.26. The van der Waals surface area contributed by atoms with E-state index in [0.717, 1.165) is 30.4 Å². The number of methoxy groups -OCH3 is 1. The van der Waals surface area contributed by atoms with Gasteiger partial charge in [0, 0.05) is 32.1 Å². The van der Waals surface area contributed by atoms with Gasteiger partial charge in [-0.15, -0.1) is 0 Å². The van der Waals surface area contributed by atoms with Crippen molar-refractivity contribution in [2.24, 2.45) is 5.92 Å². The van der Waals surface area contributed by atoms with E-state index in [1.165, 1.54) is 0 Å². The number of rotatable bonds is 10. The largest absolute Gasteiger partial charge is 0.497 e. The average molecular weight is 483 g/mol. The van der Waals surface area contributed by atoms with Crippen molar-refractivity contribution in [3.05, 3.63) is 53.6 Å². The maximum absolute atomic E-state index is 13.1. The van der Waals surface area contributed by atoms with Gasteiger partial charge in [0.15, 0.2) is 11.5 Å². The van der Waals surface area contributed by atoms with Gasteiger partial charge < -0.3 is 24.2 Å². The smallest absolute Gasteiger partial charge is 0.309 e. The number of unbranched alkanes of at least 4 members (excludes halogenated alkanes) is 2. The zero-order valence-electron chi connectivity index (χ0n) is 20.6. The van der Waals surface area contributed by atoms with Crippen molar-refractivity contribution in [3.8, 4) is 17.2 Å². The van der Waals surface area contributed by atoms with Gasteiger partial charge in [-0.05, 0) is 41.8 Å². The van der Waals surface area contributed by atoms with Crippen LogP contribution in [0.15, 0.2) is 42.5 Å². The van der Waals surface area contributed by atoms with Crippen LogP contribution in [0.4, 0.5) is 0 Å². The van der Waals surface area contributed by atoms with Crippen molar-refractivity contribution < 1.29 is 28.9 Å². The molecule has 0 radical (unpaired) electrons. The molecule has 4 rings (SSSR count). The molecule has 8 nitrogen and oxygen atoms in total. The summed E-state index contributed by atoms with van der Waals surface area (Å²) in [7, 11) is 3.42. The summed E-state index contributed by atoms with van der Waals surface area (Å²) < 4.78 is 16.3. The molecular formula is C27H34N2O6. The lowest BCUT2D eigenvalue weighted by molar-refractivity contribution is -0.143. The number of hydrogen-bond donors (Lipinski definition) is 1. The number of amides is 1. The van der Waals surface area contributed by atoms with Crippen LogP contribution in [0.5, 0.6) is 17.2 Å². The molecule has 2 heterocycles. The summed E-state index contributed by atoms with van der Waals surface area (Å²) in [5, 5.41) is 10.4. The van der Waals surface area contributed by atoms with Crippen LogP contribution in [0.1, 0.15) is 49.3 Å². The highest BCUT2D eigenvalue weighted by atomic mass is 16.7. The number of likely N-dealkylation sites (tertiary alicyclic amines) is 1. The Bertz CT molecular complexity index is 1040. The molecular weight excluding hydrogens is 448 g/mol. The van der Waals surface area contributed by atoms with Gasteiger partial charge in [-0.1, -0.05) is 38.0 Å². The Morgan fingerprint density at radius 3 is 2.49 bits per heavy atom. The number of likely N-dealkylation sites (N-methyl/N-ethyl adjacent to an activating group) is 1. The first-order valence-electron chi connectivity index (χ1n) is 12.2. The summed E-state index contributed by atoms with van der Waals surface area (Å²) in [4.78, 5) is 29.5. The molecule has 1 fully saturated rings. The third-order valence-corrected chi connectivity index (χ3v) is 7.03. The van der Waals surface area contributed by atoms with Crippen molar-refractivity contribution >= 4 is 11.9 Å². The minimum Gasteiger partial charge on any atom is -0.497 e. The third-order valence-electron chi connectivity index (χ3n) is 7.03. The van der Waals surface area contributed by atoms with Gasteiger partial charge >= 0.3 is 5.97 Å². The van der Waals surface area contributed by atoms with Crippen LogP contribution in [0.25, 0.3) is 0 Å². The van der Waals surface area contributed by atoms with Crippen LogP contribution in [-0.2, 0) is 9.59 Å². The fourth-order valence-corrected chi connectivity index (χ4v) is 5.09.